The Hall–Kier alpha value is -2.64. The summed E-state index contributed by atoms with van der Waals surface area (Å²) in [6, 6.07) is 4.22. The summed E-state index contributed by atoms with van der Waals surface area (Å²) in [5, 5.41) is 4.98. The molecule has 0 saturated carbocycles. The first-order valence-electron chi connectivity index (χ1n) is 10.7. The van der Waals surface area contributed by atoms with Gasteiger partial charge in [-0.25, -0.2) is 4.98 Å². The van der Waals surface area contributed by atoms with Crippen LogP contribution in [0.4, 0.5) is 0 Å². The summed E-state index contributed by atoms with van der Waals surface area (Å²) in [4.78, 5) is 3.43. The molecule has 0 fully saturated rings. The van der Waals surface area contributed by atoms with Crippen LogP contribution in [-0.4, -0.2) is 36.5 Å². The Kier molecular flexibility index (Phi) is 7.04. The summed E-state index contributed by atoms with van der Waals surface area (Å²) in [6.07, 6.45) is 16.6. The van der Waals surface area contributed by atoms with Gasteiger partial charge in [-0.2, -0.15) is 3.97 Å². The summed E-state index contributed by atoms with van der Waals surface area (Å²) in [5.41, 5.74) is 12.0. The van der Waals surface area contributed by atoms with Crippen molar-refractivity contribution in [2.45, 2.75) is 30.9 Å². The van der Waals surface area contributed by atoms with Gasteiger partial charge in [0.2, 0.25) is 0 Å². The predicted molar refractivity (Wildman–Crippen MR) is 127 cm³/mol. The number of nitrogens with one attached hydrogen (secondary N) is 3. The van der Waals surface area contributed by atoms with Crippen molar-refractivity contribution in [3.05, 3.63) is 77.3 Å². The molecular formula is C24H30N4O2S. The molecule has 7 heteroatoms. The third kappa shape index (κ3) is 4.83. The maximum Gasteiger partial charge on any atom is 0.298 e. The highest BCUT2D eigenvalue weighted by Crippen LogP contribution is 2.37. The Labute approximate surface area is 188 Å². The number of hydrogen-bond donors (Lipinski definition) is 1. The quantitative estimate of drug-likeness (QED) is 0.567. The number of pyridine rings is 1. The van der Waals surface area contributed by atoms with Gasteiger partial charge in [-0.05, 0) is 42.7 Å². The number of H-pyrrole nitrogens is 1. The lowest BCUT2D eigenvalue weighted by atomic mass is 9.96. The molecule has 0 spiro atoms. The van der Waals surface area contributed by atoms with Crippen molar-refractivity contribution in [3.8, 4) is 0 Å². The zero-order chi connectivity index (χ0) is 21.6. The van der Waals surface area contributed by atoms with Crippen molar-refractivity contribution < 1.29 is 14.5 Å². The number of allylic oxidation sites excluding steroid dienone is 5. The molecule has 1 atom stereocenters. The molecule has 6 nitrogen and oxygen atoms in total. The number of ether oxygens (including phenoxy) is 2. The van der Waals surface area contributed by atoms with E-state index in [2.05, 4.69) is 56.9 Å². The molecule has 2 aliphatic rings. The van der Waals surface area contributed by atoms with Crippen LogP contribution >= 0.6 is 11.9 Å². The molecule has 0 amide bonds. The minimum atomic E-state index is 0.369. The van der Waals surface area contributed by atoms with Crippen molar-refractivity contribution in [3.63, 3.8) is 0 Å². The van der Waals surface area contributed by atoms with E-state index >= 15 is 0 Å². The standard InChI is InChI=1S/C24H29N4O2S/c1-29-22-11-6-17(15-23(22)30-2)21-16-28(24-20(21)5-3-13-27-24)31-19-9-7-18(8-10-19)26-14-4-12-25/h3,5,7-9,13,15-16,19,25-26H,4,6,10-12,14H2,1-2H3/q-1/p+1. The van der Waals surface area contributed by atoms with E-state index in [-0.39, 0.29) is 0 Å². The van der Waals surface area contributed by atoms with Crippen LogP contribution in [0.15, 0.2) is 66.0 Å². The minimum absolute atomic E-state index is 0.369. The van der Waals surface area contributed by atoms with Gasteiger partial charge < -0.3 is 20.5 Å². The van der Waals surface area contributed by atoms with E-state index in [4.69, 9.17) is 15.2 Å². The van der Waals surface area contributed by atoms with Crippen LogP contribution in [0, 0.1) is 0 Å². The third-order valence-electron chi connectivity index (χ3n) is 5.60. The molecular weight excluding hydrogens is 408 g/mol. The summed E-state index contributed by atoms with van der Waals surface area (Å²) in [6.45, 7) is 1.32. The maximum absolute atomic E-state index is 7.25. The minimum Gasteiger partial charge on any atom is -0.677 e. The first-order chi connectivity index (χ1) is 15.2. The van der Waals surface area contributed by atoms with Crippen molar-refractivity contribution in [2.24, 2.45) is 0 Å². The average Bonchev–Trinajstić information content (AvgIpc) is 3.18. The van der Waals surface area contributed by atoms with E-state index in [1.54, 1.807) is 14.2 Å². The van der Waals surface area contributed by atoms with Gasteiger partial charge in [0, 0.05) is 24.2 Å². The summed E-state index contributed by atoms with van der Waals surface area (Å²) in [5.74, 6) is 1.71. The summed E-state index contributed by atoms with van der Waals surface area (Å²) < 4.78 is 13.3. The van der Waals surface area contributed by atoms with E-state index in [0.717, 1.165) is 55.1 Å². The van der Waals surface area contributed by atoms with Crippen molar-refractivity contribution in [1.29, 1.82) is 0 Å². The highest BCUT2D eigenvalue weighted by molar-refractivity contribution is 7.98. The molecule has 2 aromatic heterocycles. The van der Waals surface area contributed by atoms with Crippen molar-refractivity contribution in [2.75, 3.05) is 27.3 Å². The highest BCUT2D eigenvalue weighted by Gasteiger charge is 2.24. The second-order valence-electron chi connectivity index (χ2n) is 7.59. The summed E-state index contributed by atoms with van der Waals surface area (Å²) in [7, 11) is 3.40. The second kappa shape index (κ2) is 10.1. The smallest absolute Gasteiger partial charge is 0.298 e. The van der Waals surface area contributed by atoms with Crippen LogP contribution in [-0.2, 0) is 9.47 Å². The fourth-order valence-corrected chi connectivity index (χ4v) is 5.01. The molecule has 4 rings (SSSR count). The first-order valence-corrected chi connectivity index (χ1v) is 11.5. The number of nitrogens with zero attached hydrogens (tertiary/aromatic N) is 1. The van der Waals surface area contributed by atoms with Crippen LogP contribution in [0.25, 0.3) is 22.3 Å². The Morgan fingerprint density at radius 3 is 2.94 bits per heavy atom. The van der Waals surface area contributed by atoms with Gasteiger partial charge in [0.1, 0.15) is 12.0 Å². The van der Waals surface area contributed by atoms with Crippen LogP contribution in [0.5, 0.6) is 0 Å². The summed E-state index contributed by atoms with van der Waals surface area (Å²) >= 11 is 1.82. The Morgan fingerprint density at radius 2 is 2.19 bits per heavy atom. The average molecular weight is 439 g/mol. The molecule has 0 radical (unpaired) electrons. The fraction of sp³-hybridized carbons (Fsp3) is 0.375. The van der Waals surface area contributed by atoms with Crippen molar-refractivity contribution >= 4 is 28.6 Å². The van der Waals surface area contributed by atoms with E-state index in [9.17, 15) is 0 Å². The van der Waals surface area contributed by atoms with E-state index in [1.807, 2.05) is 18.1 Å². The predicted octanol–water partition coefficient (Wildman–Crippen LogP) is 4.88. The molecule has 2 aromatic rings. The van der Waals surface area contributed by atoms with Crippen molar-refractivity contribution in [1.82, 2.24) is 9.29 Å². The number of rotatable bonds is 9. The maximum atomic E-state index is 7.25. The van der Waals surface area contributed by atoms with E-state index in [0.29, 0.717) is 11.8 Å². The van der Waals surface area contributed by atoms with Gasteiger partial charge in [0.25, 0.3) is 5.65 Å². The van der Waals surface area contributed by atoms with E-state index < -0.39 is 0 Å². The zero-order valence-electron chi connectivity index (χ0n) is 18.1. The van der Waals surface area contributed by atoms with Gasteiger partial charge in [-0.15, -0.1) is 6.54 Å². The Balaban J connectivity index is 1.56. The van der Waals surface area contributed by atoms with Gasteiger partial charge >= 0.3 is 0 Å². The van der Waals surface area contributed by atoms with Crippen LogP contribution in [0.2, 0.25) is 0 Å². The third-order valence-corrected chi connectivity index (χ3v) is 6.73. The molecule has 164 valence electrons. The number of aromatic nitrogens is 2. The molecule has 0 aromatic carbocycles. The molecule has 1 unspecified atom stereocenters. The monoisotopic (exact) mass is 438 g/mol. The lowest BCUT2D eigenvalue weighted by Gasteiger charge is -2.17. The molecule has 2 heterocycles. The van der Waals surface area contributed by atoms with Gasteiger partial charge in [-0.3, -0.25) is 0 Å². The Morgan fingerprint density at radius 1 is 1.29 bits per heavy atom. The molecule has 31 heavy (non-hydrogen) atoms. The lowest BCUT2D eigenvalue weighted by Crippen LogP contribution is -2.17. The highest BCUT2D eigenvalue weighted by atomic mass is 32.2. The molecule has 0 bridgehead atoms. The van der Waals surface area contributed by atoms with Gasteiger partial charge in [-0.1, -0.05) is 18.6 Å². The van der Waals surface area contributed by atoms with Crippen LogP contribution < -0.4 is 10.3 Å². The Bertz CT molecular complexity index is 1050. The molecule has 0 saturated heterocycles. The zero-order valence-corrected chi connectivity index (χ0v) is 18.9. The van der Waals surface area contributed by atoms with Gasteiger partial charge in [0.05, 0.1) is 43.0 Å². The van der Waals surface area contributed by atoms with Crippen LogP contribution in [0.1, 0.15) is 31.2 Å². The van der Waals surface area contributed by atoms with Gasteiger partial charge in [0.15, 0.2) is 5.76 Å². The molecule has 3 N–H and O–H groups in total. The second-order valence-corrected chi connectivity index (χ2v) is 8.80. The SMILES string of the molecule is COC1=C(OC)CCC(c2cn(SC3C=CC(NCCC[NH-])=CC3)c3[nH+]cccc23)=C1. The molecule has 0 aliphatic heterocycles. The number of methoxy groups -OCH3 is 2. The normalized spacial score (nSPS) is 18.7. The molecule has 2 aliphatic carbocycles. The number of hydrogen-bond acceptors (Lipinski definition) is 4. The first kappa shape index (κ1) is 21.6. The van der Waals surface area contributed by atoms with E-state index in [1.165, 1.54) is 16.5 Å². The number of fused-ring (bicyclic) bond motifs is 1. The fourth-order valence-electron chi connectivity index (χ4n) is 3.97. The number of aromatic amines is 1. The van der Waals surface area contributed by atoms with Crippen LogP contribution in [0.3, 0.4) is 0 Å². The largest absolute Gasteiger partial charge is 0.677 e. The lowest BCUT2D eigenvalue weighted by molar-refractivity contribution is -0.348. The topological polar surface area (TPSA) is 73.4 Å².